The van der Waals surface area contributed by atoms with Gasteiger partial charge in [0.25, 0.3) is 0 Å². The lowest BCUT2D eigenvalue weighted by molar-refractivity contribution is 0.402. The molecule has 0 bridgehead atoms. The standard InChI is InChI=1S/C10H12FNO/c1-3-8(12)10-7(11)5-4-6-9(10)13-2/h3-6,8H,1,12H2,2H3/t8-/m0/s1. The highest BCUT2D eigenvalue weighted by Gasteiger charge is 2.13. The van der Waals surface area contributed by atoms with Crippen LogP contribution in [0, 0.1) is 5.82 Å². The first-order valence-electron chi connectivity index (χ1n) is 3.91. The summed E-state index contributed by atoms with van der Waals surface area (Å²) in [6, 6.07) is 4.06. The molecule has 1 aromatic carbocycles. The van der Waals surface area contributed by atoms with E-state index in [2.05, 4.69) is 6.58 Å². The van der Waals surface area contributed by atoms with E-state index in [-0.39, 0.29) is 5.82 Å². The maximum absolute atomic E-state index is 13.3. The summed E-state index contributed by atoms with van der Waals surface area (Å²) in [7, 11) is 1.48. The van der Waals surface area contributed by atoms with Crippen molar-refractivity contribution in [3.05, 3.63) is 42.2 Å². The molecule has 0 radical (unpaired) electrons. The molecule has 0 aliphatic rings. The van der Waals surface area contributed by atoms with Gasteiger partial charge in [-0.1, -0.05) is 12.1 Å². The Balaban J connectivity index is 3.22. The zero-order valence-corrected chi connectivity index (χ0v) is 7.46. The highest BCUT2D eigenvalue weighted by molar-refractivity contribution is 5.38. The van der Waals surface area contributed by atoms with Gasteiger partial charge in [0.1, 0.15) is 11.6 Å². The molecule has 0 unspecified atom stereocenters. The number of hydrogen-bond acceptors (Lipinski definition) is 2. The molecule has 3 heteroatoms. The van der Waals surface area contributed by atoms with Gasteiger partial charge in [0.15, 0.2) is 0 Å². The lowest BCUT2D eigenvalue weighted by Crippen LogP contribution is -2.10. The van der Waals surface area contributed by atoms with Crippen LogP contribution in [0.2, 0.25) is 0 Å². The summed E-state index contributed by atoms with van der Waals surface area (Å²) in [4.78, 5) is 0. The van der Waals surface area contributed by atoms with Crippen molar-refractivity contribution in [3.63, 3.8) is 0 Å². The van der Waals surface area contributed by atoms with Crippen LogP contribution in [0.25, 0.3) is 0 Å². The van der Waals surface area contributed by atoms with E-state index in [1.165, 1.54) is 19.3 Å². The van der Waals surface area contributed by atoms with Crippen LogP contribution in [-0.4, -0.2) is 7.11 Å². The van der Waals surface area contributed by atoms with Crippen molar-refractivity contribution in [1.29, 1.82) is 0 Å². The summed E-state index contributed by atoms with van der Waals surface area (Å²) >= 11 is 0. The van der Waals surface area contributed by atoms with Gasteiger partial charge in [-0.25, -0.2) is 4.39 Å². The Morgan fingerprint density at radius 2 is 2.31 bits per heavy atom. The monoisotopic (exact) mass is 181 g/mol. The van der Waals surface area contributed by atoms with Crippen molar-refractivity contribution in [1.82, 2.24) is 0 Å². The van der Waals surface area contributed by atoms with E-state index in [1.54, 1.807) is 12.1 Å². The number of nitrogens with two attached hydrogens (primary N) is 1. The van der Waals surface area contributed by atoms with Crippen molar-refractivity contribution in [3.8, 4) is 5.75 Å². The van der Waals surface area contributed by atoms with Crippen LogP contribution in [0.1, 0.15) is 11.6 Å². The lowest BCUT2D eigenvalue weighted by Gasteiger charge is -2.12. The summed E-state index contributed by atoms with van der Waals surface area (Å²) < 4.78 is 18.2. The first-order chi connectivity index (χ1) is 6.20. The summed E-state index contributed by atoms with van der Waals surface area (Å²) in [6.07, 6.45) is 1.47. The summed E-state index contributed by atoms with van der Waals surface area (Å²) in [5, 5.41) is 0. The molecule has 1 aromatic rings. The van der Waals surface area contributed by atoms with Gasteiger partial charge in [0.05, 0.1) is 18.7 Å². The molecule has 0 saturated carbocycles. The molecule has 2 nitrogen and oxygen atoms in total. The predicted octanol–water partition coefficient (Wildman–Crippen LogP) is 2.02. The van der Waals surface area contributed by atoms with Crippen molar-refractivity contribution < 1.29 is 9.13 Å². The maximum atomic E-state index is 13.3. The predicted molar refractivity (Wildman–Crippen MR) is 50.1 cm³/mol. The second kappa shape index (κ2) is 4.05. The molecule has 0 aromatic heterocycles. The largest absolute Gasteiger partial charge is 0.496 e. The number of ether oxygens (including phenoxy) is 1. The average Bonchev–Trinajstić information content (AvgIpc) is 2.16. The van der Waals surface area contributed by atoms with Crippen LogP contribution in [0.4, 0.5) is 4.39 Å². The third-order valence-corrected chi connectivity index (χ3v) is 1.82. The zero-order chi connectivity index (χ0) is 9.84. The van der Waals surface area contributed by atoms with Crippen molar-refractivity contribution in [2.24, 2.45) is 5.73 Å². The molecule has 0 amide bonds. The number of hydrogen-bond donors (Lipinski definition) is 1. The normalized spacial score (nSPS) is 12.2. The van der Waals surface area contributed by atoms with Crippen LogP contribution < -0.4 is 10.5 Å². The Morgan fingerprint density at radius 1 is 1.62 bits per heavy atom. The van der Waals surface area contributed by atoms with E-state index in [4.69, 9.17) is 10.5 Å². The summed E-state index contributed by atoms with van der Waals surface area (Å²) in [5.41, 5.74) is 5.98. The van der Waals surface area contributed by atoms with E-state index in [0.717, 1.165) is 0 Å². The van der Waals surface area contributed by atoms with Gasteiger partial charge >= 0.3 is 0 Å². The first kappa shape index (κ1) is 9.74. The molecule has 0 fully saturated rings. The van der Waals surface area contributed by atoms with Crippen molar-refractivity contribution in [2.45, 2.75) is 6.04 Å². The van der Waals surface area contributed by atoms with Crippen LogP contribution in [-0.2, 0) is 0 Å². The molecule has 0 saturated heterocycles. The molecule has 13 heavy (non-hydrogen) atoms. The fourth-order valence-corrected chi connectivity index (χ4v) is 1.14. The second-order valence-electron chi connectivity index (χ2n) is 2.62. The van der Waals surface area contributed by atoms with E-state index in [0.29, 0.717) is 11.3 Å². The molecule has 1 rings (SSSR count). The molecule has 70 valence electrons. The Morgan fingerprint density at radius 3 is 2.85 bits per heavy atom. The smallest absolute Gasteiger partial charge is 0.132 e. The second-order valence-corrected chi connectivity index (χ2v) is 2.62. The summed E-state index contributed by atoms with van der Waals surface area (Å²) in [6.45, 7) is 3.51. The minimum Gasteiger partial charge on any atom is -0.496 e. The minimum absolute atomic E-state index is 0.347. The number of benzene rings is 1. The van der Waals surface area contributed by atoms with Crippen LogP contribution in [0.3, 0.4) is 0 Å². The topological polar surface area (TPSA) is 35.2 Å². The maximum Gasteiger partial charge on any atom is 0.132 e. The highest BCUT2D eigenvalue weighted by Crippen LogP contribution is 2.26. The van der Waals surface area contributed by atoms with Gasteiger partial charge in [-0.3, -0.25) is 0 Å². The quantitative estimate of drug-likeness (QED) is 0.724. The van der Waals surface area contributed by atoms with Gasteiger partial charge in [0, 0.05) is 0 Å². The van der Waals surface area contributed by atoms with Gasteiger partial charge in [-0.15, -0.1) is 6.58 Å². The van der Waals surface area contributed by atoms with E-state index in [1.807, 2.05) is 0 Å². The van der Waals surface area contributed by atoms with Crippen LogP contribution in [0.15, 0.2) is 30.9 Å². The summed E-state index contributed by atoms with van der Waals surface area (Å²) in [5.74, 6) is 0.0825. The SMILES string of the molecule is C=C[C@H](N)c1c(F)cccc1OC. The number of methoxy groups -OCH3 is 1. The van der Waals surface area contributed by atoms with E-state index < -0.39 is 6.04 Å². The highest BCUT2D eigenvalue weighted by atomic mass is 19.1. The van der Waals surface area contributed by atoms with Crippen LogP contribution in [0.5, 0.6) is 5.75 Å². The van der Waals surface area contributed by atoms with Gasteiger partial charge < -0.3 is 10.5 Å². The average molecular weight is 181 g/mol. The van der Waals surface area contributed by atoms with E-state index >= 15 is 0 Å². The number of halogens is 1. The third-order valence-electron chi connectivity index (χ3n) is 1.82. The first-order valence-corrected chi connectivity index (χ1v) is 3.91. The van der Waals surface area contributed by atoms with Gasteiger partial charge in [-0.2, -0.15) is 0 Å². The van der Waals surface area contributed by atoms with E-state index in [9.17, 15) is 4.39 Å². The van der Waals surface area contributed by atoms with Crippen molar-refractivity contribution in [2.75, 3.05) is 7.11 Å². The third kappa shape index (κ3) is 1.87. The fourth-order valence-electron chi connectivity index (χ4n) is 1.14. The molecule has 2 N–H and O–H groups in total. The van der Waals surface area contributed by atoms with Gasteiger partial charge in [0.2, 0.25) is 0 Å². The molecular weight excluding hydrogens is 169 g/mol. The molecule has 0 heterocycles. The molecule has 0 aliphatic carbocycles. The Hall–Kier alpha value is -1.35. The Labute approximate surface area is 76.8 Å². The Bertz CT molecular complexity index is 312. The van der Waals surface area contributed by atoms with Crippen molar-refractivity contribution >= 4 is 0 Å². The molecule has 0 aliphatic heterocycles. The Kier molecular flexibility index (Phi) is 3.03. The lowest BCUT2D eigenvalue weighted by atomic mass is 10.1. The molecule has 1 atom stereocenters. The molecule has 0 spiro atoms. The fraction of sp³-hybridized carbons (Fsp3) is 0.200. The van der Waals surface area contributed by atoms with Gasteiger partial charge in [-0.05, 0) is 12.1 Å². The van der Waals surface area contributed by atoms with Crippen LogP contribution >= 0.6 is 0 Å². The zero-order valence-electron chi connectivity index (χ0n) is 7.46. The number of rotatable bonds is 3. The minimum atomic E-state index is -0.531. The molecular formula is C10H12FNO.